The predicted octanol–water partition coefficient (Wildman–Crippen LogP) is 4.09. The van der Waals surface area contributed by atoms with Crippen LogP contribution in [0.25, 0.3) is 33.1 Å². The predicted molar refractivity (Wildman–Crippen MR) is 124 cm³/mol. The van der Waals surface area contributed by atoms with Gasteiger partial charge in [-0.05, 0) is 43.2 Å². The number of para-hydroxylation sites is 1. The Kier molecular flexibility index (Phi) is 5.12. The number of aromatic amines is 1. The van der Waals surface area contributed by atoms with E-state index < -0.39 is 17.9 Å². The molecule has 3 heterocycles. The number of carbonyl (C=O) groups excluding carboxylic acids is 1. The molecule has 0 saturated carbocycles. The molecule has 33 heavy (non-hydrogen) atoms. The lowest BCUT2D eigenvalue weighted by Gasteiger charge is -2.21. The highest BCUT2D eigenvalue weighted by atomic mass is 16.5. The third-order valence-electron chi connectivity index (χ3n) is 6.18. The van der Waals surface area contributed by atoms with E-state index in [0.717, 1.165) is 21.8 Å². The van der Waals surface area contributed by atoms with E-state index in [-0.39, 0.29) is 5.69 Å². The number of carboxylic acid groups (broad SMARTS) is 1. The largest absolute Gasteiger partial charge is 0.497 e. The van der Waals surface area contributed by atoms with Crippen LogP contribution in [-0.4, -0.2) is 58.7 Å². The monoisotopic (exact) mass is 445 g/mol. The fourth-order valence-electron chi connectivity index (χ4n) is 4.56. The van der Waals surface area contributed by atoms with Crippen LogP contribution in [0.3, 0.4) is 0 Å². The van der Waals surface area contributed by atoms with Crippen LogP contribution >= 0.6 is 0 Å². The molecule has 4 aromatic rings. The summed E-state index contributed by atoms with van der Waals surface area (Å²) in [7, 11) is 3.15. The number of methoxy groups -OCH3 is 2. The van der Waals surface area contributed by atoms with Gasteiger partial charge < -0.3 is 24.5 Å². The number of amides is 1. The van der Waals surface area contributed by atoms with Crippen molar-refractivity contribution in [3.05, 3.63) is 54.2 Å². The lowest BCUT2D eigenvalue weighted by Crippen LogP contribution is -2.40. The maximum atomic E-state index is 13.5. The summed E-state index contributed by atoms with van der Waals surface area (Å²) in [6, 6.07) is 14.1. The van der Waals surface area contributed by atoms with Crippen molar-refractivity contribution in [2.75, 3.05) is 20.8 Å². The summed E-state index contributed by atoms with van der Waals surface area (Å²) in [4.78, 5) is 34.7. The van der Waals surface area contributed by atoms with E-state index in [9.17, 15) is 14.7 Å². The minimum atomic E-state index is -0.997. The number of fused-ring (bicyclic) bond motifs is 3. The Morgan fingerprint density at radius 2 is 1.91 bits per heavy atom. The van der Waals surface area contributed by atoms with Gasteiger partial charge in [0.15, 0.2) is 0 Å². The molecule has 2 aromatic carbocycles. The van der Waals surface area contributed by atoms with Crippen molar-refractivity contribution in [3.63, 3.8) is 0 Å². The first-order valence-electron chi connectivity index (χ1n) is 10.7. The van der Waals surface area contributed by atoms with Crippen LogP contribution in [0.1, 0.15) is 23.3 Å². The van der Waals surface area contributed by atoms with E-state index in [4.69, 9.17) is 14.5 Å². The van der Waals surface area contributed by atoms with Gasteiger partial charge in [0.1, 0.15) is 23.2 Å². The van der Waals surface area contributed by atoms with E-state index in [1.54, 1.807) is 32.4 Å². The Balaban J connectivity index is 1.77. The van der Waals surface area contributed by atoms with Crippen molar-refractivity contribution in [3.8, 4) is 22.8 Å². The van der Waals surface area contributed by atoms with Crippen molar-refractivity contribution in [1.29, 1.82) is 0 Å². The van der Waals surface area contributed by atoms with Crippen LogP contribution in [0.4, 0.5) is 0 Å². The number of aliphatic carboxylic acids is 1. The fourth-order valence-corrected chi connectivity index (χ4v) is 4.56. The molecule has 1 fully saturated rings. The number of nitrogens with zero attached hydrogens (tertiary/aromatic N) is 2. The molecule has 1 amide bonds. The van der Waals surface area contributed by atoms with Crippen LogP contribution in [-0.2, 0) is 4.79 Å². The van der Waals surface area contributed by atoms with Gasteiger partial charge in [0.25, 0.3) is 5.91 Å². The van der Waals surface area contributed by atoms with Crippen molar-refractivity contribution in [2.45, 2.75) is 18.9 Å². The molecule has 1 aliphatic heterocycles. The number of ether oxygens (including phenoxy) is 2. The second kappa shape index (κ2) is 8.12. The highest BCUT2D eigenvalue weighted by molar-refractivity contribution is 6.13. The zero-order chi connectivity index (χ0) is 23.1. The van der Waals surface area contributed by atoms with Crippen molar-refractivity contribution < 1.29 is 24.2 Å². The van der Waals surface area contributed by atoms with Crippen LogP contribution in [0.5, 0.6) is 11.5 Å². The molecule has 1 saturated heterocycles. The quantitative estimate of drug-likeness (QED) is 0.479. The summed E-state index contributed by atoms with van der Waals surface area (Å²) in [5.41, 5.74) is 3.07. The summed E-state index contributed by atoms with van der Waals surface area (Å²) in [6.45, 7) is 0.390. The summed E-state index contributed by atoms with van der Waals surface area (Å²) in [5.74, 6) is -0.185. The van der Waals surface area contributed by atoms with Crippen LogP contribution in [0, 0.1) is 0 Å². The minimum absolute atomic E-state index is 0.195. The van der Waals surface area contributed by atoms with E-state index in [2.05, 4.69) is 4.98 Å². The molecule has 0 bridgehead atoms. The SMILES string of the molecule is COc1ccc(OC)c(-c2nc(C(=O)N3CCCC3C(=O)O)cc3c2[nH]c2ccccc23)c1. The molecule has 2 aromatic heterocycles. The Bertz CT molecular complexity index is 1390. The average molecular weight is 445 g/mol. The van der Waals surface area contributed by atoms with Gasteiger partial charge in [-0.3, -0.25) is 4.79 Å². The van der Waals surface area contributed by atoms with E-state index in [0.29, 0.717) is 42.1 Å². The number of nitrogens with one attached hydrogen (secondary N) is 1. The molecule has 8 heteroatoms. The van der Waals surface area contributed by atoms with Gasteiger partial charge in [-0.15, -0.1) is 0 Å². The lowest BCUT2D eigenvalue weighted by atomic mass is 10.0. The van der Waals surface area contributed by atoms with Crippen molar-refractivity contribution in [2.24, 2.45) is 0 Å². The number of aromatic nitrogens is 2. The first kappa shape index (κ1) is 20.8. The number of benzene rings is 2. The summed E-state index contributed by atoms with van der Waals surface area (Å²) >= 11 is 0. The van der Waals surface area contributed by atoms with Gasteiger partial charge in [0.2, 0.25) is 0 Å². The van der Waals surface area contributed by atoms with Crippen LogP contribution in [0.15, 0.2) is 48.5 Å². The standard InChI is InChI=1S/C25H23N3O5/c1-32-14-9-10-21(33-2)17(12-14)23-22-16(15-6-3-4-7-18(15)26-22)13-19(27-23)24(29)28-11-5-8-20(28)25(30)31/h3-4,6-7,9-10,12-13,20,26H,5,8,11H2,1-2H3,(H,30,31). The van der Waals surface area contributed by atoms with Gasteiger partial charge in [-0.1, -0.05) is 18.2 Å². The second-order valence-electron chi connectivity index (χ2n) is 8.01. The number of hydrogen-bond donors (Lipinski definition) is 2. The number of carboxylic acids is 1. The molecule has 8 nitrogen and oxygen atoms in total. The highest BCUT2D eigenvalue weighted by Crippen LogP contribution is 2.39. The van der Waals surface area contributed by atoms with Gasteiger partial charge in [-0.25, -0.2) is 9.78 Å². The summed E-state index contributed by atoms with van der Waals surface area (Å²) in [5, 5.41) is 11.3. The van der Waals surface area contributed by atoms with Crippen molar-refractivity contribution in [1.82, 2.24) is 14.9 Å². The van der Waals surface area contributed by atoms with E-state index >= 15 is 0 Å². The fraction of sp³-hybridized carbons (Fsp3) is 0.240. The smallest absolute Gasteiger partial charge is 0.326 e. The number of H-pyrrole nitrogens is 1. The van der Waals surface area contributed by atoms with Crippen LogP contribution < -0.4 is 9.47 Å². The average Bonchev–Trinajstić information content (AvgIpc) is 3.48. The molecule has 0 radical (unpaired) electrons. The highest BCUT2D eigenvalue weighted by Gasteiger charge is 2.35. The molecule has 1 atom stereocenters. The maximum Gasteiger partial charge on any atom is 0.326 e. The van der Waals surface area contributed by atoms with Gasteiger partial charge in [-0.2, -0.15) is 0 Å². The molecular weight excluding hydrogens is 422 g/mol. The third kappa shape index (κ3) is 3.44. The van der Waals surface area contributed by atoms with Gasteiger partial charge in [0.05, 0.1) is 25.4 Å². The zero-order valence-corrected chi connectivity index (χ0v) is 18.3. The molecule has 5 rings (SSSR count). The Morgan fingerprint density at radius 1 is 1.09 bits per heavy atom. The summed E-state index contributed by atoms with van der Waals surface area (Å²) in [6.07, 6.45) is 1.08. The Labute approximate surface area is 189 Å². The Hall–Kier alpha value is -4.07. The molecule has 1 unspecified atom stereocenters. The minimum Gasteiger partial charge on any atom is -0.497 e. The number of pyridine rings is 1. The molecule has 0 spiro atoms. The number of carbonyl (C=O) groups is 2. The maximum absolute atomic E-state index is 13.5. The Morgan fingerprint density at radius 3 is 2.67 bits per heavy atom. The van der Waals surface area contributed by atoms with Gasteiger partial charge >= 0.3 is 5.97 Å². The lowest BCUT2D eigenvalue weighted by molar-refractivity contribution is -0.141. The zero-order valence-electron chi connectivity index (χ0n) is 18.3. The molecule has 168 valence electrons. The normalized spacial score (nSPS) is 15.8. The third-order valence-corrected chi connectivity index (χ3v) is 6.18. The topological polar surface area (TPSA) is 105 Å². The molecule has 0 aliphatic carbocycles. The van der Waals surface area contributed by atoms with Crippen molar-refractivity contribution >= 4 is 33.7 Å². The first-order valence-corrected chi connectivity index (χ1v) is 10.7. The number of rotatable bonds is 5. The first-order chi connectivity index (χ1) is 16.0. The van der Waals surface area contributed by atoms with Gasteiger partial charge in [0, 0.05) is 28.4 Å². The summed E-state index contributed by atoms with van der Waals surface area (Å²) < 4.78 is 11.0. The molecule has 2 N–H and O–H groups in total. The second-order valence-corrected chi connectivity index (χ2v) is 8.01. The van der Waals surface area contributed by atoms with E-state index in [1.165, 1.54) is 4.90 Å². The number of likely N-dealkylation sites (tertiary alicyclic amines) is 1. The van der Waals surface area contributed by atoms with E-state index in [1.807, 2.05) is 30.3 Å². The van der Waals surface area contributed by atoms with Crippen LogP contribution in [0.2, 0.25) is 0 Å². The molecule has 1 aliphatic rings. The number of hydrogen-bond acceptors (Lipinski definition) is 5. The molecular formula is C25H23N3O5.